The van der Waals surface area contributed by atoms with Gasteiger partial charge in [-0.15, -0.1) is 11.3 Å². The van der Waals surface area contributed by atoms with E-state index in [1.54, 1.807) is 12.1 Å². The Hall–Kier alpha value is -2.96. The van der Waals surface area contributed by atoms with Crippen LogP contribution in [-0.2, 0) is 11.3 Å². The summed E-state index contributed by atoms with van der Waals surface area (Å²) in [4.78, 5) is 26.5. The fourth-order valence-electron chi connectivity index (χ4n) is 3.33. The highest BCUT2D eigenvalue weighted by molar-refractivity contribution is 7.13. The highest BCUT2D eigenvalue weighted by atomic mass is 35.5. The zero-order chi connectivity index (χ0) is 20.5. The number of hydrogen-bond acceptors (Lipinski definition) is 4. The van der Waals surface area contributed by atoms with Crippen LogP contribution in [0.2, 0.25) is 5.02 Å². The first kappa shape index (κ1) is 19.4. The van der Waals surface area contributed by atoms with Crippen molar-refractivity contribution in [3.05, 3.63) is 80.4 Å². The quantitative estimate of drug-likeness (QED) is 0.500. The Bertz CT molecular complexity index is 1260. The summed E-state index contributed by atoms with van der Waals surface area (Å²) in [7, 11) is 0. The number of halogens is 1. The molecular weight excluding hydrogens is 406 g/mol. The number of aryl methyl sites for hydroxylation is 2. The Balaban J connectivity index is 1.72. The molecule has 4 rings (SSSR count). The highest BCUT2D eigenvalue weighted by Gasteiger charge is 2.16. The Labute approximate surface area is 176 Å². The van der Waals surface area contributed by atoms with Crippen LogP contribution in [0.5, 0.6) is 0 Å². The molecule has 0 radical (unpaired) electrons. The normalized spacial score (nSPS) is 11.0. The van der Waals surface area contributed by atoms with Gasteiger partial charge in [0, 0.05) is 5.39 Å². The van der Waals surface area contributed by atoms with E-state index < -0.39 is 0 Å². The molecule has 0 aliphatic rings. The van der Waals surface area contributed by atoms with E-state index in [1.165, 1.54) is 16.0 Å². The molecule has 29 heavy (non-hydrogen) atoms. The van der Waals surface area contributed by atoms with E-state index in [2.05, 4.69) is 10.4 Å². The highest BCUT2D eigenvalue weighted by Crippen LogP contribution is 2.29. The van der Waals surface area contributed by atoms with Gasteiger partial charge in [-0.2, -0.15) is 5.10 Å². The molecule has 0 atom stereocenters. The summed E-state index contributed by atoms with van der Waals surface area (Å²) in [6, 6.07) is 14.9. The predicted molar refractivity (Wildman–Crippen MR) is 119 cm³/mol. The minimum atomic E-state index is -0.360. The second-order valence-corrected chi connectivity index (χ2v) is 8.18. The molecular formula is C22H18ClN3O2S. The van der Waals surface area contributed by atoms with E-state index in [1.807, 2.05) is 55.6 Å². The standard InChI is InChI=1S/C22H18ClN3O2S/c1-13-10-14(2)20(17(23)11-13)24-19(27)12-26-22(28)16-7-4-3-6-15(16)21(25-26)18-8-5-9-29-18/h3-11H,12H2,1-2H3,(H,24,27). The molecule has 0 saturated carbocycles. The molecule has 4 aromatic rings. The number of nitrogens with one attached hydrogen (secondary N) is 1. The minimum Gasteiger partial charge on any atom is -0.323 e. The number of carbonyl (C=O) groups excluding carboxylic acids is 1. The Morgan fingerprint density at radius 1 is 1.14 bits per heavy atom. The topological polar surface area (TPSA) is 64.0 Å². The van der Waals surface area contributed by atoms with Gasteiger partial charge < -0.3 is 5.32 Å². The molecule has 0 aliphatic carbocycles. The fraction of sp³-hybridized carbons (Fsp3) is 0.136. The molecule has 0 bridgehead atoms. The summed E-state index contributed by atoms with van der Waals surface area (Å²) in [6.45, 7) is 3.62. The van der Waals surface area contributed by atoms with Crippen molar-refractivity contribution in [2.75, 3.05) is 5.32 Å². The number of anilines is 1. The number of rotatable bonds is 4. The number of carbonyl (C=O) groups is 1. The van der Waals surface area contributed by atoms with Gasteiger partial charge in [-0.1, -0.05) is 41.9 Å². The Kier molecular flexibility index (Phi) is 5.22. The van der Waals surface area contributed by atoms with Crippen LogP contribution >= 0.6 is 22.9 Å². The number of aromatic nitrogens is 2. The third-order valence-electron chi connectivity index (χ3n) is 4.61. The van der Waals surface area contributed by atoms with E-state index in [0.717, 1.165) is 21.4 Å². The van der Waals surface area contributed by atoms with Crippen LogP contribution in [0.1, 0.15) is 11.1 Å². The van der Waals surface area contributed by atoms with Crippen LogP contribution in [0.15, 0.2) is 58.7 Å². The zero-order valence-electron chi connectivity index (χ0n) is 15.9. The Morgan fingerprint density at radius 3 is 2.59 bits per heavy atom. The van der Waals surface area contributed by atoms with Gasteiger partial charge in [0.2, 0.25) is 5.91 Å². The smallest absolute Gasteiger partial charge is 0.275 e. The van der Waals surface area contributed by atoms with Crippen LogP contribution in [0.25, 0.3) is 21.3 Å². The monoisotopic (exact) mass is 423 g/mol. The fourth-order valence-corrected chi connectivity index (χ4v) is 4.42. The molecule has 0 spiro atoms. The maximum absolute atomic E-state index is 12.9. The number of fused-ring (bicyclic) bond motifs is 1. The van der Waals surface area contributed by atoms with Crippen molar-refractivity contribution in [3.8, 4) is 10.6 Å². The number of amides is 1. The van der Waals surface area contributed by atoms with Crippen molar-refractivity contribution in [2.24, 2.45) is 0 Å². The van der Waals surface area contributed by atoms with Gasteiger partial charge in [0.1, 0.15) is 12.2 Å². The lowest BCUT2D eigenvalue weighted by Gasteiger charge is -2.13. The molecule has 2 aromatic heterocycles. The van der Waals surface area contributed by atoms with Crippen LogP contribution in [-0.4, -0.2) is 15.7 Å². The minimum absolute atomic E-state index is 0.203. The number of nitrogens with zero attached hydrogens (tertiary/aromatic N) is 2. The first-order chi connectivity index (χ1) is 13.9. The molecule has 5 nitrogen and oxygen atoms in total. The van der Waals surface area contributed by atoms with E-state index >= 15 is 0 Å². The van der Waals surface area contributed by atoms with Gasteiger partial charge in [0.15, 0.2) is 0 Å². The maximum Gasteiger partial charge on any atom is 0.275 e. The average molecular weight is 424 g/mol. The lowest BCUT2D eigenvalue weighted by molar-refractivity contribution is -0.117. The third-order valence-corrected chi connectivity index (χ3v) is 5.79. The van der Waals surface area contributed by atoms with Crippen molar-refractivity contribution < 1.29 is 4.79 Å². The summed E-state index contributed by atoms with van der Waals surface area (Å²) in [6.07, 6.45) is 0. The van der Waals surface area contributed by atoms with E-state index in [-0.39, 0.29) is 18.0 Å². The van der Waals surface area contributed by atoms with Crippen LogP contribution in [0, 0.1) is 13.8 Å². The summed E-state index contributed by atoms with van der Waals surface area (Å²) in [5.41, 5.74) is 2.81. The van der Waals surface area contributed by atoms with Crippen LogP contribution in [0.3, 0.4) is 0 Å². The molecule has 146 valence electrons. The predicted octanol–water partition coefficient (Wildman–Crippen LogP) is 5.03. The van der Waals surface area contributed by atoms with Gasteiger partial charge in [-0.05, 0) is 48.6 Å². The third kappa shape index (κ3) is 3.81. The van der Waals surface area contributed by atoms with Gasteiger partial charge in [-0.25, -0.2) is 4.68 Å². The van der Waals surface area contributed by atoms with Crippen molar-refractivity contribution in [2.45, 2.75) is 20.4 Å². The zero-order valence-corrected chi connectivity index (χ0v) is 17.5. The first-order valence-corrected chi connectivity index (χ1v) is 10.3. The first-order valence-electron chi connectivity index (χ1n) is 9.04. The molecule has 1 N–H and O–H groups in total. The van der Waals surface area contributed by atoms with Gasteiger partial charge >= 0.3 is 0 Å². The molecule has 0 saturated heterocycles. The maximum atomic E-state index is 12.9. The molecule has 2 aromatic carbocycles. The van der Waals surface area contributed by atoms with E-state index in [9.17, 15) is 9.59 Å². The van der Waals surface area contributed by atoms with Crippen LogP contribution in [0.4, 0.5) is 5.69 Å². The van der Waals surface area contributed by atoms with Gasteiger partial charge in [-0.3, -0.25) is 9.59 Å². The molecule has 7 heteroatoms. The molecule has 0 fully saturated rings. The van der Waals surface area contributed by atoms with Crippen molar-refractivity contribution in [1.82, 2.24) is 9.78 Å². The lowest BCUT2D eigenvalue weighted by atomic mass is 10.1. The second-order valence-electron chi connectivity index (χ2n) is 6.82. The summed E-state index contributed by atoms with van der Waals surface area (Å²) < 4.78 is 1.21. The van der Waals surface area contributed by atoms with Crippen molar-refractivity contribution in [3.63, 3.8) is 0 Å². The lowest BCUT2D eigenvalue weighted by Crippen LogP contribution is -2.30. The summed E-state index contributed by atoms with van der Waals surface area (Å²) in [5, 5.41) is 11.0. The SMILES string of the molecule is Cc1cc(C)c(NC(=O)Cn2nc(-c3cccs3)c3ccccc3c2=O)c(Cl)c1. The average Bonchev–Trinajstić information content (AvgIpc) is 3.21. The largest absolute Gasteiger partial charge is 0.323 e. The van der Waals surface area contributed by atoms with Crippen molar-refractivity contribution in [1.29, 1.82) is 0 Å². The van der Waals surface area contributed by atoms with E-state index in [0.29, 0.717) is 21.8 Å². The molecule has 1 amide bonds. The Morgan fingerprint density at radius 2 is 1.90 bits per heavy atom. The summed E-state index contributed by atoms with van der Waals surface area (Å²) >= 11 is 7.82. The number of thiophene rings is 1. The molecule has 0 unspecified atom stereocenters. The van der Waals surface area contributed by atoms with Crippen molar-refractivity contribution >= 4 is 45.3 Å². The summed E-state index contributed by atoms with van der Waals surface area (Å²) in [5.74, 6) is -0.360. The second kappa shape index (κ2) is 7.81. The molecule has 2 heterocycles. The van der Waals surface area contributed by atoms with Gasteiger partial charge in [0.25, 0.3) is 5.56 Å². The van der Waals surface area contributed by atoms with E-state index in [4.69, 9.17) is 11.6 Å². The van der Waals surface area contributed by atoms with Gasteiger partial charge in [0.05, 0.1) is 21.0 Å². The number of benzene rings is 2. The van der Waals surface area contributed by atoms with Crippen LogP contribution < -0.4 is 10.9 Å². The molecule has 0 aliphatic heterocycles. The number of hydrogen-bond donors (Lipinski definition) is 1.